The van der Waals surface area contributed by atoms with Crippen LogP contribution < -0.4 is 10.6 Å². The molecule has 5 heteroatoms. The van der Waals surface area contributed by atoms with Gasteiger partial charge in [0.05, 0.1) is 11.5 Å². The molecule has 0 fully saturated rings. The molecule has 2 aromatic carbocycles. The number of rotatable bonds is 6. The molecule has 132 valence electrons. The van der Waals surface area contributed by atoms with Crippen LogP contribution in [0.4, 0.5) is 11.4 Å². The van der Waals surface area contributed by atoms with Crippen LogP contribution in [0.5, 0.6) is 0 Å². The van der Waals surface area contributed by atoms with E-state index in [2.05, 4.69) is 10.6 Å². The van der Waals surface area contributed by atoms with Gasteiger partial charge in [-0.15, -0.1) is 11.8 Å². The molecule has 0 aliphatic rings. The zero-order valence-electron chi connectivity index (χ0n) is 15.1. The summed E-state index contributed by atoms with van der Waals surface area (Å²) in [5.41, 5.74) is 6.03. The van der Waals surface area contributed by atoms with E-state index in [9.17, 15) is 9.59 Å². The average molecular weight is 356 g/mol. The third-order valence-corrected chi connectivity index (χ3v) is 4.93. The van der Waals surface area contributed by atoms with Crippen LogP contribution in [0.3, 0.4) is 0 Å². The molecule has 0 bridgehead atoms. The van der Waals surface area contributed by atoms with Gasteiger partial charge in [-0.3, -0.25) is 9.59 Å². The lowest BCUT2D eigenvalue weighted by atomic mass is 10.1. The Labute approximate surface area is 153 Å². The highest BCUT2D eigenvalue weighted by Crippen LogP contribution is 2.19. The monoisotopic (exact) mass is 356 g/mol. The molecule has 0 aromatic heterocycles. The summed E-state index contributed by atoms with van der Waals surface area (Å²) in [5, 5.41) is 5.78. The Morgan fingerprint density at radius 3 is 2.12 bits per heavy atom. The minimum absolute atomic E-state index is 0.0991. The topological polar surface area (TPSA) is 58.2 Å². The van der Waals surface area contributed by atoms with E-state index in [1.54, 1.807) is 0 Å². The van der Waals surface area contributed by atoms with Gasteiger partial charge in [0.15, 0.2) is 0 Å². The molecule has 0 aliphatic heterocycles. The van der Waals surface area contributed by atoms with Gasteiger partial charge in [0.2, 0.25) is 11.8 Å². The molecule has 2 N–H and O–H groups in total. The molecule has 0 saturated heterocycles. The Kier molecular flexibility index (Phi) is 6.65. The lowest BCUT2D eigenvalue weighted by Gasteiger charge is -2.11. The zero-order valence-corrected chi connectivity index (χ0v) is 15.9. The third kappa shape index (κ3) is 5.64. The normalized spacial score (nSPS) is 10.4. The first-order valence-corrected chi connectivity index (χ1v) is 9.33. The summed E-state index contributed by atoms with van der Waals surface area (Å²) in [6.45, 7) is 7.98. The summed E-state index contributed by atoms with van der Waals surface area (Å²) in [6.07, 6.45) is 0. The van der Waals surface area contributed by atoms with Gasteiger partial charge in [0, 0.05) is 11.4 Å². The average Bonchev–Trinajstić information content (AvgIpc) is 2.54. The molecule has 2 rings (SSSR count). The number of thioether (sulfide) groups is 1. The van der Waals surface area contributed by atoms with Crippen molar-refractivity contribution in [1.82, 2.24) is 0 Å². The molecule has 0 heterocycles. The Morgan fingerprint density at radius 2 is 1.48 bits per heavy atom. The van der Waals surface area contributed by atoms with E-state index >= 15 is 0 Å². The van der Waals surface area contributed by atoms with Crippen molar-refractivity contribution in [2.24, 2.45) is 0 Å². The van der Waals surface area contributed by atoms with Gasteiger partial charge in [0.1, 0.15) is 0 Å². The molecule has 0 saturated carbocycles. The molecule has 0 aliphatic carbocycles. The second kappa shape index (κ2) is 8.72. The van der Waals surface area contributed by atoms with Gasteiger partial charge < -0.3 is 10.6 Å². The predicted molar refractivity (Wildman–Crippen MR) is 106 cm³/mol. The number of anilines is 2. The summed E-state index contributed by atoms with van der Waals surface area (Å²) < 4.78 is 0. The third-order valence-electron chi connectivity index (χ3n) is 4.00. The minimum Gasteiger partial charge on any atom is -0.325 e. The van der Waals surface area contributed by atoms with Gasteiger partial charge in [-0.2, -0.15) is 0 Å². The number of amides is 2. The molecule has 2 aromatic rings. The number of carbonyl (C=O) groups excluding carboxylic acids is 2. The molecule has 0 unspecified atom stereocenters. The van der Waals surface area contributed by atoms with Crippen LogP contribution in [0.1, 0.15) is 22.3 Å². The Balaban J connectivity index is 1.78. The fourth-order valence-corrected chi connectivity index (χ4v) is 3.07. The van der Waals surface area contributed by atoms with Crippen LogP contribution >= 0.6 is 11.8 Å². The molecule has 2 amide bonds. The second-order valence-electron chi connectivity index (χ2n) is 6.15. The maximum atomic E-state index is 12.0. The first kappa shape index (κ1) is 19.1. The van der Waals surface area contributed by atoms with Crippen molar-refractivity contribution in [3.63, 3.8) is 0 Å². The minimum atomic E-state index is -0.100. The van der Waals surface area contributed by atoms with Crippen molar-refractivity contribution >= 4 is 35.0 Å². The van der Waals surface area contributed by atoms with Crippen molar-refractivity contribution in [3.05, 3.63) is 58.7 Å². The largest absolute Gasteiger partial charge is 0.325 e. The first-order valence-electron chi connectivity index (χ1n) is 8.17. The lowest BCUT2D eigenvalue weighted by molar-refractivity contribution is -0.114. The number of hydrogen-bond donors (Lipinski definition) is 2. The van der Waals surface area contributed by atoms with Gasteiger partial charge in [-0.05, 0) is 56.5 Å². The fraction of sp³-hybridized carbons (Fsp3) is 0.300. The van der Waals surface area contributed by atoms with Crippen LogP contribution in [0, 0.1) is 27.7 Å². The highest BCUT2D eigenvalue weighted by molar-refractivity contribution is 8.00. The van der Waals surface area contributed by atoms with Crippen molar-refractivity contribution in [2.75, 3.05) is 22.1 Å². The molecule has 0 radical (unpaired) electrons. The summed E-state index contributed by atoms with van der Waals surface area (Å²) in [7, 11) is 0. The number of carbonyl (C=O) groups is 2. The second-order valence-corrected chi connectivity index (χ2v) is 7.14. The standard InChI is InChI=1S/C20H24N2O2S/c1-13-8-9-17(15(3)10-13)21-19(23)11-25-12-20(24)22-18-7-5-6-14(2)16(18)4/h5-10H,11-12H2,1-4H3,(H,21,23)(H,22,24). The molecular weight excluding hydrogens is 332 g/mol. The van der Waals surface area contributed by atoms with E-state index in [1.165, 1.54) is 11.8 Å². The maximum absolute atomic E-state index is 12.0. The summed E-state index contributed by atoms with van der Waals surface area (Å²) in [6, 6.07) is 11.7. The highest BCUT2D eigenvalue weighted by atomic mass is 32.2. The van der Waals surface area contributed by atoms with Crippen molar-refractivity contribution in [3.8, 4) is 0 Å². The Morgan fingerprint density at radius 1 is 0.840 bits per heavy atom. The molecule has 0 atom stereocenters. The van der Waals surface area contributed by atoms with Gasteiger partial charge in [-0.1, -0.05) is 29.8 Å². The lowest BCUT2D eigenvalue weighted by Crippen LogP contribution is -2.19. The molecule has 0 spiro atoms. The van der Waals surface area contributed by atoms with E-state index < -0.39 is 0 Å². The molecule has 4 nitrogen and oxygen atoms in total. The van der Waals surface area contributed by atoms with E-state index in [-0.39, 0.29) is 23.3 Å². The van der Waals surface area contributed by atoms with Gasteiger partial charge in [0.25, 0.3) is 0 Å². The number of aryl methyl sites for hydroxylation is 3. The SMILES string of the molecule is Cc1ccc(NC(=O)CSCC(=O)Nc2cccc(C)c2C)c(C)c1. The maximum Gasteiger partial charge on any atom is 0.234 e. The number of benzene rings is 2. The molecule has 25 heavy (non-hydrogen) atoms. The number of nitrogens with one attached hydrogen (secondary N) is 2. The van der Waals surface area contributed by atoms with Crippen LogP contribution in [0.15, 0.2) is 36.4 Å². The van der Waals surface area contributed by atoms with Crippen LogP contribution in [0.25, 0.3) is 0 Å². The van der Waals surface area contributed by atoms with Gasteiger partial charge >= 0.3 is 0 Å². The van der Waals surface area contributed by atoms with E-state index in [0.717, 1.165) is 33.6 Å². The zero-order chi connectivity index (χ0) is 18.4. The smallest absolute Gasteiger partial charge is 0.234 e. The van der Waals surface area contributed by atoms with E-state index in [1.807, 2.05) is 64.1 Å². The van der Waals surface area contributed by atoms with Crippen LogP contribution in [-0.2, 0) is 9.59 Å². The van der Waals surface area contributed by atoms with Crippen molar-refractivity contribution in [2.45, 2.75) is 27.7 Å². The van der Waals surface area contributed by atoms with Crippen LogP contribution in [0.2, 0.25) is 0 Å². The van der Waals surface area contributed by atoms with Gasteiger partial charge in [-0.25, -0.2) is 0 Å². The highest BCUT2D eigenvalue weighted by Gasteiger charge is 2.09. The van der Waals surface area contributed by atoms with E-state index in [0.29, 0.717) is 0 Å². The fourth-order valence-electron chi connectivity index (χ4n) is 2.45. The van der Waals surface area contributed by atoms with Crippen LogP contribution in [-0.4, -0.2) is 23.3 Å². The number of hydrogen-bond acceptors (Lipinski definition) is 3. The Hall–Kier alpha value is -2.27. The van der Waals surface area contributed by atoms with Crippen molar-refractivity contribution < 1.29 is 9.59 Å². The quantitative estimate of drug-likeness (QED) is 0.814. The summed E-state index contributed by atoms with van der Waals surface area (Å²) in [5.74, 6) is 0.288. The molecular formula is C20H24N2O2S. The summed E-state index contributed by atoms with van der Waals surface area (Å²) in [4.78, 5) is 24.1. The summed E-state index contributed by atoms with van der Waals surface area (Å²) >= 11 is 1.30. The van der Waals surface area contributed by atoms with E-state index in [4.69, 9.17) is 0 Å². The van der Waals surface area contributed by atoms with Crippen molar-refractivity contribution in [1.29, 1.82) is 0 Å². The first-order chi connectivity index (χ1) is 11.9. The Bertz CT molecular complexity index is 787. The predicted octanol–water partition coefficient (Wildman–Crippen LogP) is 4.23.